The molecule has 4 aromatic rings. The Labute approximate surface area is 309 Å². The van der Waals surface area contributed by atoms with Gasteiger partial charge in [-0.1, -0.05) is 32.4 Å². The number of benzene rings is 2. The van der Waals surface area contributed by atoms with Gasteiger partial charge in [-0.3, -0.25) is 19.4 Å². The summed E-state index contributed by atoms with van der Waals surface area (Å²) in [5.41, 5.74) is 2.23. The molecule has 3 N–H and O–H groups in total. The van der Waals surface area contributed by atoms with Gasteiger partial charge >= 0.3 is 0 Å². The average molecular weight is 739 g/mol. The molecule has 5 rings (SSSR count). The number of nitrogens with one attached hydrogen (secondary N) is 3. The van der Waals surface area contributed by atoms with Crippen LogP contribution in [0.3, 0.4) is 0 Å². The number of methoxy groups -OCH3 is 1. The van der Waals surface area contributed by atoms with E-state index in [4.69, 9.17) is 21.1 Å². The van der Waals surface area contributed by atoms with Crippen molar-refractivity contribution in [3.05, 3.63) is 71.3 Å². The molecule has 0 saturated carbocycles. The number of amides is 2. The summed E-state index contributed by atoms with van der Waals surface area (Å²) in [6, 6.07) is 10.7. The van der Waals surface area contributed by atoms with Crippen LogP contribution < -0.4 is 25.4 Å². The summed E-state index contributed by atoms with van der Waals surface area (Å²) in [5, 5.41) is 10.2. The number of Topliss-reactive ketones (excluding diaryl/α,β-unsaturated/α-hetero) is 1. The van der Waals surface area contributed by atoms with Crippen molar-refractivity contribution < 1.29 is 23.9 Å². The minimum Gasteiger partial charge on any atom is -0.496 e. The highest BCUT2D eigenvalue weighted by molar-refractivity contribution is 6.32. The molecule has 0 radical (unpaired) electrons. The van der Waals surface area contributed by atoms with Gasteiger partial charge in [0, 0.05) is 41.4 Å². The van der Waals surface area contributed by atoms with E-state index < -0.39 is 23.5 Å². The number of likely N-dealkylation sites (N-methyl/N-ethyl adjacent to an activating group) is 1. The Bertz CT molecular complexity index is 1880. The smallest absolute Gasteiger partial charge is 0.246 e. The van der Waals surface area contributed by atoms with Crippen LogP contribution in [0.2, 0.25) is 5.02 Å². The lowest BCUT2D eigenvalue weighted by atomic mass is 9.85. The monoisotopic (exact) mass is 737 g/mol. The van der Waals surface area contributed by atoms with Crippen LogP contribution in [0.25, 0.3) is 10.9 Å². The fourth-order valence-electron chi connectivity index (χ4n) is 5.88. The Morgan fingerprint density at radius 2 is 1.82 bits per heavy atom. The van der Waals surface area contributed by atoms with E-state index in [1.165, 1.54) is 6.33 Å². The standard InChI is InChI=1S/C37H44ClN7O5.ClH/c1-21-10-12-25(19-40-21)50-31-13-11-24(17-27(31)38)43-34-26-15-23(32(49-7)18-28(26)41-20-42-34)16-30(46)29-9-8-14-45(29)36(48)33(37(3,4)5)44-35(47)22(2)39-6;/h10-13,15,17-20,22,29,33,39H,8-9,14,16H2,1-7H3,(H,44,47)(H,41,42,43);1H/t22-,29-,33+;/m0./s1. The van der Waals surface area contributed by atoms with Crippen molar-refractivity contribution in [3.8, 4) is 17.2 Å². The van der Waals surface area contributed by atoms with Crippen LogP contribution in [0.15, 0.2) is 55.0 Å². The topological polar surface area (TPSA) is 148 Å². The fourth-order valence-corrected chi connectivity index (χ4v) is 6.10. The Hall–Kier alpha value is -4.52. The van der Waals surface area contributed by atoms with E-state index in [0.717, 1.165) is 5.69 Å². The van der Waals surface area contributed by atoms with Gasteiger partial charge in [0.15, 0.2) is 5.78 Å². The van der Waals surface area contributed by atoms with E-state index in [9.17, 15) is 14.4 Å². The van der Waals surface area contributed by atoms with Crippen molar-refractivity contribution in [2.75, 3.05) is 26.0 Å². The van der Waals surface area contributed by atoms with Crippen LogP contribution in [0, 0.1) is 12.3 Å². The number of aryl methyl sites for hydroxylation is 1. The van der Waals surface area contributed by atoms with E-state index in [2.05, 4.69) is 30.9 Å². The highest BCUT2D eigenvalue weighted by atomic mass is 35.5. The van der Waals surface area contributed by atoms with Gasteiger partial charge in [0.25, 0.3) is 0 Å². The Morgan fingerprint density at radius 3 is 2.47 bits per heavy atom. The molecule has 0 unspecified atom stereocenters. The maximum Gasteiger partial charge on any atom is 0.246 e. The van der Waals surface area contributed by atoms with Crippen molar-refractivity contribution in [1.82, 2.24) is 30.5 Å². The van der Waals surface area contributed by atoms with E-state index in [0.29, 0.717) is 69.6 Å². The summed E-state index contributed by atoms with van der Waals surface area (Å²) >= 11 is 6.58. The molecule has 3 heterocycles. The third-order valence-electron chi connectivity index (χ3n) is 8.84. The lowest BCUT2D eigenvalue weighted by Gasteiger charge is -2.36. The number of nitrogens with zero attached hydrogens (tertiary/aromatic N) is 4. The molecule has 2 amide bonds. The zero-order valence-corrected chi connectivity index (χ0v) is 31.4. The van der Waals surface area contributed by atoms with Crippen LogP contribution >= 0.6 is 24.0 Å². The molecule has 2 aromatic heterocycles. The molecule has 0 bridgehead atoms. The molecule has 1 fully saturated rings. The number of likely N-dealkylation sites (tertiary alicyclic amines) is 1. The molecular formula is C37H45Cl2N7O5. The SMILES string of the molecule is CN[C@@H](C)C(=O)N[C@H](C(=O)N1CCC[C@H]1C(=O)Cc1cc2c(Nc3ccc(Oc4ccc(C)nc4)c(Cl)c3)ncnc2cc1OC)C(C)(C)C.Cl. The first-order valence-electron chi connectivity index (χ1n) is 16.6. The van der Waals surface area contributed by atoms with E-state index in [1.54, 1.807) is 50.4 Å². The molecule has 3 atom stereocenters. The Kier molecular flexibility index (Phi) is 12.8. The first kappa shape index (κ1) is 39.3. The summed E-state index contributed by atoms with van der Waals surface area (Å²) < 4.78 is 11.6. The molecule has 2 aromatic carbocycles. The zero-order chi connectivity index (χ0) is 36.2. The first-order chi connectivity index (χ1) is 23.8. The van der Waals surface area contributed by atoms with E-state index in [1.807, 2.05) is 52.0 Å². The van der Waals surface area contributed by atoms with Gasteiger partial charge in [0.1, 0.15) is 35.4 Å². The van der Waals surface area contributed by atoms with Gasteiger partial charge < -0.3 is 30.3 Å². The number of hydrogen-bond acceptors (Lipinski definition) is 10. The summed E-state index contributed by atoms with van der Waals surface area (Å²) in [4.78, 5) is 55.5. The maximum absolute atomic E-state index is 14.0. The molecule has 0 spiro atoms. The second kappa shape index (κ2) is 16.7. The lowest BCUT2D eigenvalue weighted by molar-refractivity contribution is -0.143. The molecule has 1 aliphatic heterocycles. The number of fused-ring (bicyclic) bond motifs is 1. The van der Waals surface area contributed by atoms with Crippen molar-refractivity contribution in [2.45, 2.75) is 72.0 Å². The second-order valence-corrected chi connectivity index (χ2v) is 14.0. The Morgan fingerprint density at radius 1 is 1.06 bits per heavy atom. The third kappa shape index (κ3) is 9.24. The van der Waals surface area contributed by atoms with Gasteiger partial charge in [-0.15, -0.1) is 12.4 Å². The number of pyridine rings is 1. The van der Waals surface area contributed by atoms with Crippen molar-refractivity contribution in [2.24, 2.45) is 5.41 Å². The molecule has 1 saturated heterocycles. The average Bonchev–Trinajstić information content (AvgIpc) is 3.58. The van der Waals surface area contributed by atoms with Crippen LogP contribution in [-0.2, 0) is 20.8 Å². The van der Waals surface area contributed by atoms with Crippen molar-refractivity contribution >= 4 is 64.0 Å². The summed E-state index contributed by atoms with van der Waals surface area (Å²) in [6.07, 6.45) is 4.33. The largest absolute Gasteiger partial charge is 0.496 e. The van der Waals surface area contributed by atoms with Crippen LogP contribution in [0.4, 0.5) is 11.5 Å². The van der Waals surface area contributed by atoms with E-state index >= 15 is 0 Å². The number of halogens is 2. The predicted molar refractivity (Wildman–Crippen MR) is 200 cm³/mol. The quantitative estimate of drug-likeness (QED) is 0.154. The predicted octanol–water partition coefficient (Wildman–Crippen LogP) is 6.19. The highest BCUT2D eigenvalue weighted by Crippen LogP contribution is 2.35. The Balaban J connectivity index is 0.00000583. The molecule has 0 aliphatic carbocycles. The number of rotatable bonds is 12. The molecule has 12 nitrogen and oxygen atoms in total. The number of ketones is 1. The molecule has 272 valence electrons. The van der Waals surface area contributed by atoms with E-state index in [-0.39, 0.29) is 36.4 Å². The highest BCUT2D eigenvalue weighted by Gasteiger charge is 2.42. The summed E-state index contributed by atoms with van der Waals surface area (Å²) in [5.74, 6) is 1.40. The number of hydrogen-bond donors (Lipinski definition) is 3. The van der Waals surface area contributed by atoms with Crippen molar-refractivity contribution in [3.63, 3.8) is 0 Å². The van der Waals surface area contributed by atoms with Crippen LogP contribution in [0.1, 0.15) is 51.8 Å². The maximum atomic E-state index is 14.0. The van der Waals surface area contributed by atoms with Crippen molar-refractivity contribution in [1.29, 1.82) is 0 Å². The fraction of sp³-hybridized carbons (Fsp3) is 0.405. The summed E-state index contributed by atoms with van der Waals surface area (Å²) in [7, 11) is 3.23. The van der Waals surface area contributed by atoms with Gasteiger partial charge in [0.2, 0.25) is 11.8 Å². The number of carbonyl (C=O) groups is 3. The van der Waals surface area contributed by atoms with Crippen LogP contribution in [-0.4, -0.2) is 76.3 Å². The van der Waals surface area contributed by atoms with Gasteiger partial charge in [-0.25, -0.2) is 9.97 Å². The molecular weight excluding hydrogens is 693 g/mol. The number of ether oxygens (including phenoxy) is 2. The minimum absolute atomic E-state index is 0. The second-order valence-electron chi connectivity index (χ2n) is 13.6. The zero-order valence-electron chi connectivity index (χ0n) is 29.9. The minimum atomic E-state index is -0.797. The molecule has 1 aliphatic rings. The normalized spacial score (nSPS) is 15.5. The first-order valence-corrected chi connectivity index (χ1v) is 17.0. The number of carbonyl (C=O) groups excluding carboxylic acids is 3. The number of aromatic nitrogens is 3. The third-order valence-corrected chi connectivity index (χ3v) is 9.14. The van der Waals surface area contributed by atoms with Gasteiger partial charge in [0.05, 0.1) is 35.9 Å². The molecule has 14 heteroatoms. The van der Waals surface area contributed by atoms with Gasteiger partial charge in [-0.05, 0) is 75.5 Å². The van der Waals surface area contributed by atoms with Crippen LogP contribution in [0.5, 0.6) is 17.2 Å². The van der Waals surface area contributed by atoms with Gasteiger partial charge in [-0.2, -0.15) is 0 Å². The number of anilines is 2. The molecule has 51 heavy (non-hydrogen) atoms. The lowest BCUT2D eigenvalue weighted by Crippen LogP contribution is -2.58. The summed E-state index contributed by atoms with van der Waals surface area (Å²) in [6.45, 7) is 9.77.